The average molecular weight is 339 g/mol. The van der Waals surface area contributed by atoms with Gasteiger partial charge in [-0.1, -0.05) is 12.1 Å². The van der Waals surface area contributed by atoms with Crippen LogP contribution in [0.5, 0.6) is 0 Å². The first kappa shape index (κ1) is 17.6. The van der Waals surface area contributed by atoms with Gasteiger partial charge < -0.3 is 14.6 Å². The summed E-state index contributed by atoms with van der Waals surface area (Å²) in [6, 6.07) is 9.02. The molecule has 2 heterocycles. The van der Waals surface area contributed by atoms with E-state index in [4.69, 9.17) is 9.31 Å². The lowest BCUT2D eigenvalue weighted by Gasteiger charge is -2.32. The molecule has 130 valence electrons. The largest absolute Gasteiger partial charge is 0.494 e. The fraction of sp³-hybridized carbons (Fsp3) is 0.389. The van der Waals surface area contributed by atoms with E-state index in [1.54, 1.807) is 19.2 Å². The summed E-state index contributed by atoms with van der Waals surface area (Å²) in [6.07, 6.45) is 1.57. The fourth-order valence-electron chi connectivity index (χ4n) is 2.48. The average Bonchev–Trinajstić information content (AvgIpc) is 2.76. The van der Waals surface area contributed by atoms with Gasteiger partial charge in [0.15, 0.2) is 0 Å². The Morgan fingerprint density at radius 3 is 2.20 bits per heavy atom. The molecule has 1 aliphatic rings. The van der Waals surface area contributed by atoms with E-state index in [0.717, 1.165) is 5.46 Å². The second-order valence-electron chi connectivity index (χ2n) is 7.15. The van der Waals surface area contributed by atoms with Crippen molar-refractivity contribution >= 4 is 24.2 Å². The molecule has 0 unspecified atom stereocenters. The van der Waals surface area contributed by atoms with E-state index < -0.39 is 7.12 Å². The smallest absolute Gasteiger partial charge is 0.399 e. The lowest BCUT2D eigenvalue weighted by Crippen LogP contribution is -2.41. The van der Waals surface area contributed by atoms with Gasteiger partial charge in [0, 0.05) is 11.9 Å². The van der Waals surface area contributed by atoms with Gasteiger partial charge in [-0.2, -0.15) is 0 Å². The highest BCUT2D eigenvalue weighted by atomic mass is 16.7. The van der Waals surface area contributed by atoms with Crippen LogP contribution in [0.25, 0.3) is 0 Å². The number of carbonyl (C=O) groups is 1. The molecule has 1 fully saturated rings. The van der Waals surface area contributed by atoms with Crippen molar-refractivity contribution in [2.24, 2.45) is 0 Å². The number of anilines is 1. The predicted octanol–water partition coefficient (Wildman–Crippen LogP) is 2.34. The zero-order valence-electron chi connectivity index (χ0n) is 15.2. The normalized spacial score (nSPS) is 18.2. The van der Waals surface area contributed by atoms with Gasteiger partial charge in [0.2, 0.25) is 0 Å². The van der Waals surface area contributed by atoms with Crippen molar-refractivity contribution in [1.29, 1.82) is 0 Å². The summed E-state index contributed by atoms with van der Waals surface area (Å²) in [7, 11) is -0.417. The molecular formula is C18H22BN3O3. The first-order valence-corrected chi connectivity index (χ1v) is 8.24. The van der Waals surface area contributed by atoms with Crippen LogP contribution in [0.2, 0.25) is 0 Å². The molecule has 1 aromatic heterocycles. The van der Waals surface area contributed by atoms with Crippen LogP contribution in [-0.2, 0) is 9.31 Å². The molecule has 3 rings (SSSR count). The molecule has 0 atom stereocenters. The molecule has 0 radical (unpaired) electrons. The Labute approximate surface area is 148 Å². The Morgan fingerprint density at radius 2 is 1.64 bits per heavy atom. The maximum absolute atomic E-state index is 12.2. The Bertz CT molecular complexity index is 774. The van der Waals surface area contributed by atoms with Crippen LogP contribution in [0, 0.1) is 6.92 Å². The highest BCUT2D eigenvalue weighted by molar-refractivity contribution is 6.62. The molecule has 25 heavy (non-hydrogen) atoms. The van der Waals surface area contributed by atoms with Gasteiger partial charge in [0.05, 0.1) is 11.2 Å². The molecule has 2 aromatic rings. The molecule has 0 saturated carbocycles. The number of carbonyl (C=O) groups excluding carboxylic acids is 1. The molecule has 1 aliphatic heterocycles. The molecule has 0 spiro atoms. The number of hydrogen-bond donors (Lipinski definition) is 1. The standard InChI is InChI=1S/C18H22BN3O3/c1-12-20-11-10-15(21-12)16(23)22-14-8-6-13(7-9-14)19-24-17(2,3)18(4,5)25-19/h6-11H,1-5H3,(H,22,23). The summed E-state index contributed by atoms with van der Waals surface area (Å²) in [5, 5.41) is 2.82. The monoisotopic (exact) mass is 339 g/mol. The van der Waals surface area contributed by atoms with E-state index in [2.05, 4.69) is 15.3 Å². The number of rotatable bonds is 3. The quantitative estimate of drug-likeness (QED) is 0.869. The third kappa shape index (κ3) is 3.57. The van der Waals surface area contributed by atoms with Crippen molar-refractivity contribution in [2.45, 2.75) is 45.8 Å². The molecule has 1 aromatic carbocycles. The molecule has 1 N–H and O–H groups in total. The summed E-state index contributed by atoms with van der Waals surface area (Å²) in [5.41, 5.74) is 1.17. The molecule has 6 nitrogen and oxygen atoms in total. The van der Waals surface area contributed by atoms with Gasteiger partial charge in [0.1, 0.15) is 11.5 Å². The third-order valence-corrected chi connectivity index (χ3v) is 4.70. The van der Waals surface area contributed by atoms with Crippen molar-refractivity contribution in [3.05, 3.63) is 48.0 Å². The van der Waals surface area contributed by atoms with Crippen molar-refractivity contribution in [3.8, 4) is 0 Å². The number of aryl methyl sites for hydroxylation is 1. The number of nitrogens with one attached hydrogen (secondary N) is 1. The topological polar surface area (TPSA) is 73.3 Å². The predicted molar refractivity (Wildman–Crippen MR) is 96.9 cm³/mol. The Balaban J connectivity index is 1.70. The minimum atomic E-state index is -0.417. The number of nitrogens with zero attached hydrogens (tertiary/aromatic N) is 2. The van der Waals surface area contributed by atoms with Crippen molar-refractivity contribution in [1.82, 2.24) is 9.97 Å². The zero-order valence-corrected chi connectivity index (χ0v) is 15.2. The van der Waals surface area contributed by atoms with Gasteiger partial charge in [0.25, 0.3) is 5.91 Å². The van der Waals surface area contributed by atoms with Crippen LogP contribution in [0.15, 0.2) is 36.5 Å². The highest BCUT2D eigenvalue weighted by Crippen LogP contribution is 2.36. The van der Waals surface area contributed by atoms with Crippen LogP contribution in [0.3, 0.4) is 0 Å². The fourth-order valence-corrected chi connectivity index (χ4v) is 2.48. The van der Waals surface area contributed by atoms with Gasteiger partial charge in [-0.3, -0.25) is 4.79 Å². The van der Waals surface area contributed by atoms with Crippen LogP contribution < -0.4 is 10.8 Å². The zero-order chi connectivity index (χ0) is 18.2. The SMILES string of the molecule is Cc1nccc(C(=O)Nc2ccc(B3OC(C)(C)C(C)(C)O3)cc2)n1. The molecule has 0 bridgehead atoms. The minimum Gasteiger partial charge on any atom is -0.399 e. The summed E-state index contributed by atoms with van der Waals surface area (Å²) >= 11 is 0. The highest BCUT2D eigenvalue weighted by Gasteiger charge is 2.51. The number of amides is 1. The van der Waals surface area contributed by atoms with Crippen LogP contribution in [-0.4, -0.2) is 34.2 Å². The molecule has 1 saturated heterocycles. The Morgan fingerprint density at radius 1 is 1.04 bits per heavy atom. The number of hydrogen-bond acceptors (Lipinski definition) is 5. The van der Waals surface area contributed by atoms with Gasteiger partial charge in [-0.25, -0.2) is 9.97 Å². The first-order chi connectivity index (χ1) is 11.7. The summed E-state index contributed by atoms with van der Waals surface area (Å²) in [4.78, 5) is 20.3. The van der Waals surface area contributed by atoms with Crippen LogP contribution >= 0.6 is 0 Å². The first-order valence-electron chi connectivity index (χ1n) is 8.24. The molecule has 0 aliphatic carbocycles. The van der Waals surface area contributed by atoms with E-state index in [1.807, 2.05) is 52.0 Å². The van der Waals surface area contributed by atoms with E-state index in [1.165, 1.54) is 0 Å². The van der Waals surface area contributed by atoms with Crippen molar-refractivity contribution in [3.63, 3.8) is 0 Å². The summed E-state index contributed by atoms with van der Waals surface area (Å²) < 4.78 is 12.1. The number of aromatic nitrogens is 2. The van der Waals surface area contributed by atoms with Gasteiger partial charge in [-0.15, -0.1) is 0 Å². The van der Waals surface area contributed by atoms with Crippen LogP contribution in [0.4, 0.5) is 5.69 Å². The maximum Gasteiger partial charge on any atom is 0.494 e. The second-order valence-corrected chi connectivity index (χ2v) is 7.15. The summed E-state index contributed by atoms with van der Waals surface area (Å²) in [5.74, 6) is 0.289. The lowest BCUT2D eigenvalue weighted by atomic mass is 9.79. The maximum atomic E-state index is 12.2. The molecular weight excluding hydrogens is 317 g/mol. The van der Waals surface area contributed by atoms with E-state index in [-0.39, 0.29) is 17.1 Å². The van der Waals surface area contributed by atoms with Gasteiger partial charge in [-0.05, 0) is 58.3 Å². The Hall–Kier alpha value is -2.25. The van der Waals surface area contributed by atoms with E-state index in [9.17, 15) is 4.79 Å². The van der Waals surface area contributed by atoms with Crippen LogP contribution in [0.1, 0.15) is 44.0 Å². The number of benzene rings is 1. The molecule has 1 amide bonds. The Kier molecular flexibility index (Phi) is 4.39. The second kappa shape index (κ2) is 6.24. The molecule has 7 heteroatoms. The van der Waals surface area contributed by atoms with E-state index >= 15 is 0 Å². The summed E-state index contributed by atoms with van der Waals surface area (Å²) in [6.45, 7) is 9.82. The van der Waals surface area contributed by atoms with Crippen molar-refractivity contribution in [2.75, 3.05) is 5.32 Å². The lowest BCUT2D eigenvalue weighted by molar-refractivity contribution is 0.00578. The van der Waals surface area contributed by atoms with E-state index in [0.29, 0.717) is 17.2 Å². The third-order valence-electron chi connectivity index (χ3n) is 4.70. The van der Waals surface area contributed by atoms with Crippen molar-refractivity contribution < 1.29 is 14.1 Å². The van der Waals surface area contributed by atoms with Gasteiger partial charge >= 0.3 is 7.12 Å². The minimum absolute atomic E-state index is 0.270.